The Morgan fingerprint density at radius 3 is 2.62 bits per heavy atom. The highest BCUT2D eigenvalue weighted by molar-refractivity contribution is 5.99. The monoisotopic (exact) mass is 324 g/mol. The highest BCUT2D eigenvalue weighted by Gasteiger charge is 2.12. The number of hydrogen-bond donors (Lipinski definition) is 1. The second kappa shape index (κ2) is 7.64. The van der Waals surface area contributed by atoms with Crippen molar-refractivity contribution in [1.29, 1.82) is 0 Å². The van der Waals surface area contributed by atoms with Crippen LogP contribution in [0.2, 0.25) is 0 Å². The van der Waals surface area contributed by atoms with Crippen molar-refractivity contribution in [2.24, 2.45) is 5.10 Å². The lowest BCUT2D eigenvalue weighted by atomic mass is 10.1. The maximum atomic E-state index is 11.9. The SMILES string of the molecule is C/C(=N/NC(=O)CCc1ccccc1)c1ccc2c(c1)OCCO2. The maximum Gasteiger partial charge on any atom is 0.240 e. The van der Waals surface area contributed by atoms with Gasteiger partial charge >= 0.3 is 0 Å². The van der Waals surface area contributed by atoms with Crippen LogP contribution in [0.1, 0.15) is 24.5 Å². The van der Waals surface area contributed by atoms with Gasteiger partial charge in [0, 0.05) is 12.0 Å². The van der Waals surface area contributed by atoms with Gasteiger partial charge < -0.3 is 9.47 Å². The molecule has 0 spiro atoms. The van der Waals surface area contributed by atoms with Crippen molar-refractivity contribution < 1.29 is 14.3 Å². The van der Waals surface area contributed by atoms with Crippen LogP contribution in [0.5, 0.6) is 11.5 Å². The zero-order valence-corrected chi connectivity index (χ0v) is 13.6. The summed E-state index contributed by atoms with van der Waals surface area (Å²) < 4.78 is 11.1. The van der Waals surface area contributed by atoms with Gasteiger partial charge in [-0.2, -0.15) is 5.10 Å². The minimum atomic E-state index is -0.101. The maximum absolute atomic E-state index is 11.9. The molecule has 1 aliphatic rings. The zero-order chi connectivity index (χ0) is 16.8. The number of amides is 1. The first-order chi connectivity index (χ1) is 11.7. The Labute approximate surface area is 141 Å². The van der Waals surface area contributed by atoms with Crippen molar-refractivity contribution in [2.75, 3.05) is 13.2 Å². The summed E-state index contributed by atoms with van der Waals surface area (Å²) in [6.45, 7) is 2.96. The van der Waals surface area contributed by atoms with E-state index in [2.05, 4.69) is 10.5 Å². The molecule has 24 heavy (non-hydrogen) atoms. The molecule has 0 saturated heterocycles. The van der Waals surface area contributed by atoms with Gasteiger partial charge in [-0.05, 0) is 37.1 Å². The van der Waals surface area contributed by atoms with Crippen LogP contribution in [-0.4, -0.2) is 24.8 Å². The van der Waals surface area contributed by atoms with E-state index in [1.54, 1.807) is 0 Å². The Bertz CT molecular complexity index is 742. The van der Waals surface area contributed by atoms with Crippen LogP contribution in [0, 0.1) is 0 Å². The molecular weight excluding hydrogens is 304 g/mol. The number of rotatable bonds is 5. The van der Waals surface area contributed by atoms with E-state index in [-0.39, 0.29) is 5.91 Å². The molecule has 0 fully saturated rings. The Kier molecular flexibility index (Phi) is 5.11. The molecule has 124 valence electrons. The third kappa shape index (κ3) is 4.13. The lowest BCUT2D eigenvalue weighted by Crippen LogP contribution is -2.20. The number of fused-ring (bicyclic) bond motifs is 1. The van der Waals surface area contributed by atoms with Crippen molar-refractivity contribution in [3.05, 3.63) is 59.7 Å². The molecule has 0 unspecified atom stereocenters. The fourth-order valence-electron chi connectivity index (χ4n) is 2.44. The smallest absolute Gasteiger partial charge is 0.240 e. The lowest BCUT2D eigenvalue weighted by Gasteiger charge is -2.18. The van der Waals surface area contributed by atoms with Gasteiger partial charge in [0.25, 0.3) is 0 Å². The molecule has 0 radical (unpaired) electrons. The van der Waals surface area contributed by atoms with Gasteiger partial charge in [-0.25, -0.2) is 5.43 Å². The lowest BCUT2D eigenvalue weighted by molar-refractivity contribution is -0.121. The van der Waals surface area contributed by atoms with Crippen LogP contribution in [0.15, 0.2) is 53.6 Å². The molecule has 2 aromatic carbocycles. The minimum absolute atomic E-state index is 0.101. The molecule has 3 rings (SSSR count). The number of carbonyl (C=O) groups is 1. The first-order valence-corrected chi connectivity index (χ1v) is 7.99. The van der Waals surface area contributed by atoms with E-state index in [1.807, 2.05) is 55.5 Å². The summed E-state index contributed by atoms with van der Waals surface area (Å²) >= 11 is 0. The molecule has 0 saturated carbocycles. The topological polar surface area (TPSA) is 59.9 Å². The number of hydrazone groups is 1. The van der Waals surface area contributed by atoms with Crippen molar-refractivity contribution in [3.63, 3.8) is 0 Å². The summed E-state index contributed by atoms with van der Waals surface area (Å²) in [6.07, 6.45) is 1.10. The zero-order valence-electron chi connectivity index (χ0n) is 13.6. The predicted molar refractivity (Wildman–Crippen MR) is 92.5 cm³/mol. The number of carbonyl (C=O) groups excluding carboxylic acids is 1. The summed E-state index contributed by atoms with van der Waals surface area (Å²) in [4.78, 5) is 11.9. The predicted octanol–water partition coefficient (Wildman–Crippen LogP) is 2.93. The molecule has 1 heterocycles. The Balaban J connectivity index is 1.56. The van der Waals surface area contributed by atoms with Gasteiger partial charge in [0.1, 0.15) is 13.2 Å². The summed E-state index contributed by atoms with van der Waals surface area (Å²) in [6, 6.07) is 15.6. The van der Waals surface area contributed by atoms with Crippen LogP contribution >= 0.6 is 0 Å². The fourth-order valence-corrected chi connectivity index (χ4v) is 2.44. The normalized spacial score (nSPS) is 13.5. The van der Waals surface area contributed by atoms with E-state index in [0.717, 1.165) is 22.6 Å². The highest BCUT2D eigenvalue weighted by Crippen LogP contribution is 2.30. The van der Waals surface area contributed by atoms with E-state index < -0.39 is 0 Å². The van der Waals surface area contributed by atoms with E-state index in [9.17, 15) is 4.79 Å². The van der Waals surface area contributed by atoms with Crippen molar-refractivity contribution in [1.82, 2.24) is 5.43 Å². The van der Waals surface area contributed by atoms with Crippen LogP contribution in [0.25, 0.3) is 0 Å². The molecule has 0 aliphatic carbocycles. The molecule has 1 aliphatic heterocycles. The summed E-state index contributed by atoms with van der Waals surface area (Å²) in [5, 5.41) is 4.18. The molecule has 5 nitrogen and oxygen atoms in total. The Hall–Kier alpha value is -2.82. The fraction of sp³-hybridized carbons (Fsp3) is 0.263. The van der Waals surface area contributed by atoms with Crippen molar-refractivity contribution >= 4 is 11.6 Å². The number of benzene rings is 2. The van der Waals surface area contributed by atoms with Gasteiger partial charge in [-0.3, -0.25) is 4.79 Å². The van der Waals surface area contributed by atoms with Crippen molar-refractivity contribution in [3.8, 4) is 11.5 Å². The van der Waals surface area contributed by atoms with Gasteiger partial charge in [0.05, 0.1) is 5.71 Å². The third-order valence-corrected chi connectivity index (χ3v) is 3.79. The van der Waals surface area contributed by atoms with E-state index in [1.165, 1.54) is 0 Å². The average molecular weight is 324 g/mol. The van der Waals surface area contributed by atoms with Crippen LogP contribution < -0.4 is 14.9 Å². The first-order valence-electron chi connectivity index (χ1n) is 7.99. The summed E-state index contributed by atoms with van der Waals surface area (Å²) in [7, 11) is 0. The molecule has 0 atom stereocenters. The molecule has 5 heteroatoms. The second-order valence-corrected chi connectivity index (χ2v) is 5.58. The van der Waals surface area contributed by atoms with E-state index in [0.29, 0.717) is 31.8 Å². The van der Waals surface area contributed by atoms with E-state index in [4.69, 9.17) is 9.47 Å². The van der Waals surface area contributed by atoms with Gasteiger partial charge in [0.15, 0.2) is 11.5 Å². The molecule has 0 aromatic heterocycles. The van der Waals surface area contributed by atoms with Crippen LogP contribution in [0.4, 0.5) is 0 Å². The molecular formula is C19H20N2O3. The number of ether oxygens (including phenoxy) is 2. The number of nitrogens with zero attached hydrogens (tertiary/aromatic N) is 1. The first kappa shape index (κ1) is 16.1. The average Bonchev–Trinajstić information content (AvgIpc) is 2.65. The van der Waals surface area contributed by atoms with Gasteiger partial charge in [0.2, 0.25) is 5.91 Å². The molecule has 0 bridgehead atoms. The number of nitrogens with one attached hydrogen (secondary N) is 1. The van der Waals surface area contributed by atoms with Gasteiger partial charge in [-0.1, -0.05) is 30.3 Å². The molecule has 2 aromatic rings. The highest BCUT2D eigenvalue weighted by atomic mass is 16.6. The quantitative estimate of drug-likeness (QED) is 0.679. The molecule has 1 amide bonds. The summed E-state index contributed by atoms with van der Waals surface area (Å²) in [5.41, 5.74) is 5.36. The van der Waals surface area contributed by atoms with E-state index >= 15 is 0 Å². The largest absolute Gasteiger partial charge is 0.486 e. The third-order valence-electron chi connectivity index (χ3n) is 3.79. The Morgan fingerprint density at radius 2 is 1.83 bits per heavy atom. The summed E-state index contributed by atoms with van der Waals surface area (Å²) in [5.74, 6) is 1.35. The Morgan fingerprint density at radius 1 is 1.08 bits per heavy atom. The van der Waals surface area contributed by atoms with Gasteiger partial charge in [-0.15, -0.1) is 0 Å². The second-order valence-electron chi connectivity index (χ2n) is 5.58. The standard InChI is InChI=1S/C19H20N2O3/c1-14(16-8-9-17-18(13-16)24-12-11-23-17)20-21-19(22)10-7-15-5-3-2-4-6-15/h2-6,8-9,13H,7,10-12H2,1H3,(H,21,22)/b20-14-. The molecule has 1 N–H and O–H groups in total. The number of hydrogen-bond acceptors (Lipinski definition) is 4. The van der Waals surface area contributed by atoms with Crippen LogP contribution in [-0.2, 0) is 11.2 Å². The van der Waals surface area contributed by atoms with Crippen molar-refractivity contribution in [2.45, 2.75) is 19.8 Å². The number of aryl methyl sites for hydroxylation is 1. The minimum Gasteiger partial charge on any atom is -0.486 e. The van der Waals surface area contributed by atoms with Crippen LogP contribution in [0.3, 0.4) is 0 Å².